The summed E-state index contributed by atoms with van der Waals surface area (Å²) < 4.78 is 5.95. The Hall–Kier alpha value is -1.77. The van der Waals surface area contributed by atoms with Crippen molar-refractivity contribution in [3.63, 3.8) is 0 Å². The first-order chi connectivity index (χ1) is 10.3. The first kappa shape index (κ1) is 12.9. The van der Waals surface area contributed by atoms with E-state index in [0.29, 0.717) is 11.8 Å². The molecule has 3 heteroatoms. The van der Waals surface area contributed by atoms with Crippen LogP contribution in [0.1, 0.15) is 17.9 Å². The number of nitrogens with one attached hydrogen (secondary N) is 1. The molecular formula is C18H16ClNO. The molecule has 0 amide bonds. The fraction of sp³-hybridized carbons (Fsp3) is 0.222. The Morgan fingerprint density at radius 1 is 1.10 bits per heavy atom. The minimum atomic E-state index is 0.626. The van der Waals surface area contributed by atoms with Gasteiger partial charge in [-0.25, -0.2) is 4.84 Å². The molecule has 0 spiro atoms. The SMILES string of the molecule is ClNCC1CC1c1cccc(-c2cc3ccccc3o2)c1. The van der Waals surface area contributed by atoms with Crippen LogP contribution in [0.2, 0.25) is 0 Å². The number of hydrogen-bond donors (Lipinski definition) is 1. The van der Waals surface area contributed by atoms with E-state index in [-0.39, 0.29) is 0 Å². The van der Waals surface area contributed by atoms with Gasteiger partial charge in [0.2, 0.25) is 0 Å². The quantitative estimate of drug-likeness (QED) is 0.690. The molecule has 1 aliphatic rings. The maximum absolute atomic E-state index is 5.95. The zero-order chi connectivity index (χ0) is 14.2. The molecule has 2 nitrogen and oxygen atoms in total. The van der Waals surface area contributed by atoms with Gasteiger partial charge in [0.15, 0.2) is 0 Å². The Labute approximate surface area is 128 Å². The number of para-hydroxylation sites is 1. The summed E-state index contributed by atoms with van der Waals surface area (Å²) in [4.78, 5) is 2.75. The third-order valence-corrected chi connectivity index (χ3v) is 4.44. The van der Waals surface area contributed by atoms with Crippen molar-refractivity contribution in [2.75, 3.05) is 6.54 Å². The molecule has 2 atom stereocenters. The van der Waals surface area contributed by atoms with Gasteiger partial charge in [0.1, 0.15) is 11.3 Å². The lowest BCUT2D eigenvalue weighted by atomic mass is 10.0. The molecule has 2 unspecified atom stereocenters. The molecule has 2 aromatic carbocycles. The monoisotopic (exact) mass is 297 g/mol. The predicted molar refractivity (Wildman–Crippen MR) is 86.4 cm³/mol. The van der Waals surface area contributed by atoms with Crippen LogP contribution in [0.25, 0.3) is 22.3 Å². The van der Waals surface area contributed by atoms with Gasteiger partial charge in [0.25, 0.3) is 0 Å². The average molecular weight is 298 g/mol. The van der Waals surface area contributed by atoms with Crippen LogP contribution in [0.5, 0.6) is 0 Å². The van der Waals surface area contributed by atoms with E-state index in [1.54, 1.807) is 0 Å². The Balaban J connectivity index is 1.66. The number of rotatable bonds is 4. The number of hydrogen-bond acceptors (Lipinski definition) is 2. The summed E-state index contributed by atoms with van der Waals surface area (Å²) in [6.45, 7) is 0.876. The maximum Gasteiger partial charge on any atom is 0.135 e. The molecule has 1 fully saturated rings. The van der Waals surface area contributed by atoms with Gasteiger partial charge in [-0.2, -0.15) is 0 Å². The fourth-order valence-electron chi connectivity index (χ4n) is 3.03. The normalized spacial score (nSPS) is 20.8. The van der Waals surface area contributed by atoms with Gasteiger partial charge in [0, 0.05) is 17.5 Å². The molecule has 1 heterocycles. The fourth-order valence-corrected chi connectivity index (χ4v) is 3.23. The maximum atomic E-state index is 5.95. The second kappa shape index (κ2) is 5.21. The molecule has 1 aromatic heterocycles. The van der Waals surface area contributed by atoms with Crippen LogP contribution in [0, 0.1) is 5.92 Å². The first-order valence-electron chi connectivity index (χ1n) is 7.27. The van der Waals surface area contributed by atoms with E-state index in [1.165, 1.54) is 12.0 Å². The zero-order valence-corrected chi connectivity index (χ0v) is 12.3. The topological polar surface area (TPSA) is 25.2 Å². The van der Waals surface area contributed by atoms with Crippen molar-refractivity contribution >= 4 is 22.7 Å². The second-order valence-corrected chi connectivity index (χ2v) is 5.98. The number of halogens is 1. The highest BCUT2D eigenvalue weighted by atomic mass is 35.5. The summed E-state index contributed by atoms with van der Waals surface area (Å²) in [5.74, 6) is 2.22. The summed E-state index contributed by atoms with van der Waals surface area (Å²) in [6, 6.07) is 18.9. The van der Waals surface area contributed by atoms with Crippen molar-refractivity contribution in [3.05, 3.63) is 60.2 Å². The van der Waals surface area contributed by atoms with Gasteiger partial charge in [0.05, 0.1) is 0 Å². The van der Waals surface area contributed by atoms with Gasteiger partial charge >= 0.3 is 0 Å². The van der Waals surface area contributed by atoms with Gasteiger partial charge in [-0.05, 0) is 53.8 Å². The molecule has 0 radical (unpaired) electrons. The highest BCUT2D eigenvalue weighted by molar-refractivity contribution is 6.13. The Bertz CT molecular complexity index is 746. The average Bonchev–Trinajstić information content (AvgIpc) is 3.15. The molecule has 1 saturated carbocycles. The van der Waals surface area contributed by atoms with E-state index >= 15 is 0 Å². The molecular weight excluding hydrogens is 282 g/mol. The van der Waals surface area contributed by atoms with Crippen LogP contribution in [0.15, 0.2) is 59.0 Å². The lowest BCUT2D eigenvalue weighted by Gasteiger charge is -2.03. The predicted octanol–water partition coefficient (Wildman–Crippen LogP) is 4.95. The van der Waals surface area contributed by atoms with Crippen molar-refractivity contribution in [2.45, 2.75) is 12.3 Å². The van der Waals surface area contributed by atoms with E-state index in [0.717, 1.165) is 28.8 Å². The largest absolute Gasteiger partial charge is 0.456 e. The number of benzene rings is 2. The van der Waals surface area contributed by atoms with E-state index in [9.17, 15) is 0 Å². The van der Waals surface area contributed by atoms with Gasteiger partial charge in [-0.3, -0.25) is 0 Å². The van der Waals surface area contributed by atoms with Crippen molar-refractivity contribution in [2.24, 2.45) is 5.92 Å². The molecule has 0 bridgehead atoms. The van der Waals surface area contributed by atoms with Crippen LogP contribution in [-0.4, -0.2) is 6.54 Å². The summed E-state index contributed by atoms with van der Waals surface area (Å²) in [6.07, 6.45) is 1.21. The lowest BCUT2D eigenvalue weighted by molar-refractivity contribution is 0.631. The summed E-state index contributed by atoms with van der Waals surface area (Å²) in [5, 5.41) is 1.15. The molecule has 0 saturated heterocycles. The van der Waals surface area contributed by atoms with Crippen LogP contribution in [0.4, 0.5) is 0 Å². The highest BCUT2D eigenvalue weighted by Crippen LogP contribution is 2.47. The molecule has 0 aliphatic heterocycles. The van der Waals surface area contributed by atoms with E-state index in [4.69, 9.17) is 16.2 Å². The van der Waals surface area contributed by atoms with Gasteiger partial charge in [-0.1, -0.05) is 36.4 Å². The van der Waals surface area contributed by atoms with Crippen molar-refractivity contribution in [1.82, 2.24) is 4.84 Å². The molecule has 4 rings (SSSR count). The van der Waals surface area contributed by atoms with E-state index in [2.05, 4.69) is 41.2 Å². The van der Waals surface area contributed by atoms with Crippen LogP contribution >= 0.6 is 11.8 Å². The minimum Gasteiger partial charge on any atom is -0.456 e. The van der Waals surface area contributed by atoms with Crippen molar-refractivity contribution in [3.8, 4) is 11.3 Å². The third-order valence-electron chi connectivity index (χ3n) is 4.29. The minimum absolute atomic E-state index is 0.626. The zero-order valence-electron chi connectivity index (χ0n) is 11.6. The van der Waals surface area contributed by atoms with Crippen molar-refractivity contribution < 1.29 is 4.42 Å². The summed E-state index contributed by atoms with van der Waals surface area (Å²) in [7, 11) is 0. The van der Waals surface area contributed by atoms with Crippen LogP contribution in [0.3, 0.4) is 0 Å². The van der Waals surface area contributed by atoms with Crippen molar-refractivity contribution in [1.29, 1.82) is 0 Å². The van der Waals surface area contributed by atoms with E-state index in [1.807, 2.05) is 18.2 Å². The first-order valence-corrected chi connectivity index (χ1v) is 7.65. The van der Waals surface area contributed by atoms with Gasteiger partial charge in [-0.15, -0.1) is 0 Å². The highest BCUT2D eigenvalue weighted by Gasteiger charge is 2.37. The second-order valence-electron chi connectivity index (χ2n) is 5.71. The van der Waals surface area contributed by atoms with Crippen LogP contribution < -0.4 is 4.84 Å². The summed E-state index contributed by atoms with van der Waals surface area (Å²) in [5.41, 5.74) is 3.46. The lowest BCUT2D eigenvalue weighted by Crippen LogP contribution is -2.03. The van der Waals surface area contributed by atoms with Gasteiger partial charge < -0.3 is 4.42 Å². The number of furan rings is 1. The third kappa shape index (κ3) is 2.45. The standard InChI is InChI=1S/C18H16ClNO/c19-20-11-15-9-16(15)12-5-3-6-13(8-12)18-10-14-4-1-2-7-17(14)21-18/h1-8,10,15-16,20H,9,11H2. The Morgan fingerprint density at radius 3 is 2.86 bits per heavy atom. The molecule has 21 heavy (non-hydrogen) atoms. The Morgan fingerprint density at radius 2 is 2.00 bits per heavy atom. The molecule has 106 valence electrons. The number of fused-ring (bicyclic) bond motifs is 1. The Kier molecular flexibility index (Phi) is 3.21. The summed E-state index contributed by atoms with van der Waals surface area (Å²) >= 11 is 5.60. The van der Waals surface area contributed by atoms with E-state index < -0.39 is 0 Å². The smallest absolute Gasteiger partial charge is 0.135 e. The molecule has 1 aliphatic carbocycles. The molecule has 3 aromatic rings. The van der Waals surface area contributed by atoms with Crippen LogP contribution in [-0.2, 0) is 0 Å². The molecule has 1 N–H and O–H groups in total.